The Morgan fingerprint density at radius 1 is 1.39 bits per heavy atom. The number of nitrogens with one attached hydrogen (secondary N) is 1. The quantitative estimate of drug-likeness (QED) is 0.218. The summed E-state index contributed by atoms with van der Waals surface area (Å²) in [6.07, 6.45) is 2.18. The van der Waals surface area contributed by atoms with E-state index in [1.807, 2.05) is 0 Å². The van der Waals surface area contributed by atoms with Crippen molar-refractivity contribution in [3.8, 4) is 0 Å². The highest BCUT2D eigenvalue weighted by Gasteiger charge is 2.23. The lowest BCUT2D eigenvalue weighted by molar-refractivity contribution is 0.0917. The van der Waals surface area contributed by atoms with Crippen molar-refractivity contribution in [3.63, 3.8) is 0 Å². The first-order valence-corrected chi connectivity index (χ1v) is 7.84. The van der Waals surface area contributed by atoms with E-state index in [1.165, 1.54) is 0 Å². The number of guanidine groups is 1. The third-order valence-electron chi connectivity index (χ3n) is 3.34. The molecule has 0 spiro atoms. The van der Waals surface area contributed by atoms with E-state index in [1.54, 1.807) is 11.8 Å². The van der Waals surface area contributed by atoms with Crippen LogP contribution in [0.3, 0.4) is 0 Å². The molecule has 0 atom stereocenters. The van der Waals surface area contributed by atoms with Crippen LogP contribution < -0.4 is 11.1 Å². The van der Waals surface area contributed by atoms with Gasteiger partial charge in [0.2, 0.25) is 0 Å². The molecule has 0 aliphatic carbocycles. The molecule has 1 amide bonds. The molecular formula is C14H29IN4O4. The van der Waals surface area contributed by atoms with Crippen LogP contribution in [0.2, 0.25) is 0 Å². The zero-order valence-electron chi connectivity index (χ0n) is 13.7. The summed E-state index contributed by atoms with van der Waals surface area (Å²) >= 11 is 0. The largest absolute Gasteiger partial charge is 0.450 e. The van der Waals surface area contributed by atoms with E-state index in [2.05, 4.69) is 10.3 Å². The number of aliphatic imine (C=N–C) groups is 1. The molecule has 0 saturated carbocycles. The predicted molar refractivity (Wildman–Crippen MR) is 99.2 cm³/mol. The molecule has 8 nitrogen and oxygen atoms in total. The summed E-state index contributed by atoms with van der Waals surface area (Å²) in [6.45, 7) is 5.09. The first kappa shape index (κ1) is 22.2. The van der Waals surface area contributed by atoms with Crippen molar-refractivity contribution >= 4 is 36.0 Å². The van der Waals surface area contributed by atoms with Crippen molar-refractivity contribution < 1.29 is 19.4 Å². The van der Waals surface area contributed by atoms with Crippen molar-refractivity contribution in [2.75, 3.05) is 46.1 Å². The molecule has 1 aliphatic rings. The lowest BCUT2D eigenvalue weighted by Gasteiger charge is -2.31. The van der Waals surface area contributed by atoms with Crippen LogP contribution in [-0.2, 0) is 9.47 Å². The first-order valence-electron chi connectivity index (χ1n) is 7.84. The van der Waals surface area contributed by atoms with Crippen molar-refractivity contribution in [2.45, 2.75) is 32.2 Å². The van der Waals surface area contributed by atoms with Gasteiger partial charge >= 0.3 is 6.09 Å². The van der Waals surface area contributed by atoms with Gasteiger partial charge in [0.1, 0.15) is 0 Å². The summed E-state index contributed by atoms with van der Waals surface area (Å²) in [4.78, 5) is 17.5. The van der Waals surface area contributed by atoms with E-state index in [-0.39, 0.29) is 42.7 Å². The highest BCUT2D eigenvalue weighted by atomic mass is 127. The number of amides is 1. The number of rotatable bonds is 8. The monoisotopic (exact) mass is 444 g/mol. The summed E-state index contributed by atoms with van der Waals surface area (Å²) in [5.41, 5.74) is 5.84. The maximum Gasteiger partial charge on any atom is 0.409 e. The van der Waals surface area contributed by atoms with Crippen LogP contribution in [0.5, 0.6) is 0 Å². The van der Waals surface area contributed by atoms with Crippen LogP contribution in [0.15, 0.2) is 4.99 Å². The molecule has 9 heteroatoms. The molecule has 0 radical (unpaired) electrons. The Morgan fingerprint density at radius 2 is 2.09 bits per heavy atom. The summed E-state index contributed by atoms with van der Waals surface area (Å²) in [7, 11) is 0. The molecule has 0 aromatic heterocycles. The summed E-state index contributed by atoms with van der Waals surface area (Å²) in [6, 6.07) is 0.236. The molecular weight excluding hydrogens is 415 g/mol. The predicted octanol–water partition coefficient (Wildman–Crippen LogP) is 0.529. The smallest absolute Gasteiger partial charge is 0.409 e. The van der Waals surface area contributed by atoms with Crippen LogP contribution in [0.1, 0.15) is 26.2 Å². The molecule has 4 N–H and O–H groups in total. The van der Waals surface area contributed by atoms with E-state index in [0.29, 0.717) is 45.4 Å². The van der Waals surface area contributed by atoms with E-state index >= 15 is 0 Å². The fourth-order valence-corrected chi connectivity index (χ4v) is 2.21. The maximum atomic E-state index is 11.6. The van der Waals surface area contributed by atoms with Crippen LogP contribution in [0.4, 0.5) is 4.79 Å². The number of likely N-dealkylation sites (tertiary alicyclic amines) is 1. The molecule has 1 heterocycles. The Bertz CT molecular complexity index is 350. The van der Waals surface area contributed by atoms with Gasteiger partial charge in [0.05, 0.1) is 19.8 Å². The maximum absolute atomic E-state index is 11.6. The standard InChI is InChI=1S/C14H28N4O4.HI/c1-2-22-14(20)18-7-4-12(5-8-18)17-13(15)16-6-3-10-21-11-9-19;/h12,19H,2-11H2,1H3,(H3,15,16,17);1H. The van der Waals surface area contributed by atoms with Crippen LogP contribution in [0, 0.1) is 0 Å². The van der Waals surface area contributed by atoms with Crippen molar-refractivity contribution in [1.82, 2.24) is 10.2 Å². The van der Waals surface area contributed by atoms with E-state index in [4.69, 9.17) is 20.3 Å². The van der Waals surface area contributed by atoms with Gasteiger partial charge in [0, 0.05) is 32.3 Å². The topological polar surface area (TPSA) is 109 Å². The number of aliphatic hydroxyl groups excluding tert-OH is 1. The minimum Gasteiger partial charge on any atom is -0.450 e. The molecule has 1 rings (SSSR count). The van der Waals surface area contributed by atoms with Crippen molar-refractivity contribution in [1.29, 1.82) is 0 Å². The number of nitrogens with two attached hydrogens (primary N) is 1. The van der Waals surface area contributed by atoms with Gasteiger partial charge < -0.3 is 30.5 Å². The number of piperidine rings is 1. The van der Waals surface area contributed by atoms with E-state index in [9.17, 15) is 4.79 Å². The zero-order chi connectivity index (χ0) is 16.2. The first-order chi connectivity index (χ1) is 10.7. The van der Waals surface area contributed by atoms with Crippen LogP contribution in [-0.4, -0.2) is 74.2 Å². The molecule has 0 aromatic carbocycles. The normalized spacial score (nSPS) is 15.9. The Balaban J connectivity index is 0.00000484. The summed E-state index contributed by atoms with van der Waals surface area (Å²) in [5, 5.41) is 11.7. The van der Waals surface area contributed by atoms with E-state index in [0.717, 1.165) is 19.3 Å². The van der Waals surface area contributed by atoms with Gasteiger partial charge in [-0.2, -0.15) is 0 Å². The average molecular weight is 444 g/mol. The second-order valence-corrected chi connectivity index (χ2v) is 5.06. The molecule has 1 fully saturated rings. The van der Waals surface area contributed by atoms with Gasteiger partial charge in [-0.25, -0.2) is 4.79 Å². The number of ether oxygens (including phenoxy) is 2. The minimum absolute atomic E-state index is 0. The van der Waals surface area contributed by atoms with Gasteiger partial charge in [-0.15, -0.1) is 24.0 Å². The Labute approximate surface area is 154 Å². The number of halogens is 1. The Hall–Kier alpha value is -0.810. The second kappa shape index (κ2) is 13.6. The Kier molecular flexibility index (Phi) is 13.1. The molecule has 0 bridgehead atoms. The molecule has 136 valence electrons. The third kappa shape index (κ3) is 9.82. The number of carbonyl (C=O) groups excluding carboxylic acids is 1. The van der Waals surface area contributed by atoms with Crippen molar-refractivity contribution in [3.05, 3.63) is 0 Å². The van der Waals surface area contributed by atoms with Gasteiger partial charge in [-0.05, 0) is 26.2 Å². The number of hydrogen-bond acceptors (Lipinski definition) is 5. The highest BCUT2D eigenvalue weighted by molar-refractivity contribution is 14.0. The third-order valence-corrected chi connectivity index (χ3v) is 3.34. The highest BCUT2D eigenvalue weighted by Crippen LogP contribution is 2.11. The van der Waals surface area contributed by atoms with Gasteiger partial charge in [-0.3, -0.25) is 4.99 Å². The number of hydrogen-bond donors (Lipinski definition) is 3. The lowest BCUT2D eigenvalue weighted by atomic mass is 10.1. The van der Waals surface area contributed by atoms with E-state index < -0.39 is 0 Å². The second-order valence-electron chi connectivity index (χ2n) is 5.06. The average Bonchev–Trinajstić information content (AvgIpc) is 2.51. The van der Waals surface area contributed by atoms with Gasteiger partial charge in [0.15, 0.2) is 5.96 Å². The fourth-order valence-electron chi connectivity index (χ4n) is 2.21. The zero-order valence-corrected chi connectivity index (χ0v) is 16.0. The van der Waals surface area contributed by atoms with Crippen LogP contribution >= 0.6 is 24.0 Å². The Morgan fingerprint density at radius 3 is 2.70 bits per heavy atom. The molecule has 1 saturated heterocycles. The molecule has 23 heavy (non-hydrogen) atoms. The number of carbonyl (C=O) groups is 1. The molecule has 1 aliphatic heterocycles. The molecule has 0 aromatic rings. The molecule has 0 unspecified atom stereocenters. The van der Waals surface area contributed by atoms with Crippen LogP contribution in [0.25, 0.3) is 0 Å². The lowest BCUT2D eigenvalue weighted by Crippen LogP contribution is -2.48. The number of nitrogens with zero attached hydrogens (tertiary/aromatic N) is 2. The van der Waals surface area contributed by atoms with Gasteiger partial charge in [0.25, 0.3) is 0 Å². The fraction of sp³-hybridized carbons (Fsp3) is 0.857. The minimum atomic E-state index is -0.245. The van der Waals surface area contributed by atoms with Crippen molar-refractivity contribution in [2.24, 2.45) is 10.7 Å². The van der Waals surface area contributed by atoms with Gasteiger partial charge in [-0.1, -0.05) is 0 Å². The summed E-state index contributed by atoms with van der Waals surface area (Å²) in [5.74, 6) is 0.428. The summed E-state index contributed by atoms with van der Waals surface area (Å²) < 4.78 is 10.1. The SMILES string of the molecule is CCOC(=O)N1CCC(NC(N)=NCCCOCCO)CC1.I. The number of aliphatic hydroxyl groups is 1.